The number of hydrogen-bond acceptors (Lipinski definition) is 6. The van der Waals surface area contributed by atoms with E-state index in [0.29, 0.717) is 40.0 Å². The van der Waals surface area contributed by atoms with Gasteiger partial charge in [-0.05, 0) is 18.6 Å². The lowest BCUT2D eigenvalue weighted by molar-refractivity contribution is -0.873. The van der Waals surface area contributed by atoms with Crippen LogP contribution in [-0.2, 0) is 14.3 Å². The molecule has 9 heteroatoms. The summed E-state index contributed by atoms with van der Waals surface area (Å²) in [5.41, 5.74) is 1.27. The number of carboxylic acid groups (broad SMARTS) is 1. The summed E-state index contributed by atoms with van der Waals surface area (Å²) < 4.78 is 11.3. The molecule has 1 saturated carbocycles. The highest BCUT2D eigenvalue weighted by Gasteiger charge is 2.50. The largest absolute Gasteiger partial charge is 0.481 e. The molecule has 0 bridgehead atoms. The molecule has 1 aromatic heterocycles. The highest BCUT2D eigenvalue weighted by Crippen LogP contribution is 2.43. The summed E-state index contributed by atoms with van der Waals surface area (Å²) in [7, 11) is 5.66. The lowest BCUT2D eigenvalue weighted by atomic mass is 10.1. The second-order valence-electron chi connectivity index (χ2n) is 8.48. The summed E-state index contributed by atoms with van der Waals surface area (Å²) in [6, 6.07) is 3.12. The number of likely N-dealkylation sites (N-methyl/N-ethyl adjacent to an activating group) is 1. The van der Waals surface area contributed by atoms with E-state index < -0.39 is 29.9 Å². The summed E-state index contributed by atoms with van der Waals surface area (Å²) in [5, 5.41) is 9.36. The minimum absolute atomic E-state index is 0.210. The van der Waals surface area contributed by atoms with E-state index in [1.54, 1.807) is 13.0 Å². The number of aliphatic carboxylic acids is 1. The van der Waals surface area contributed by atoms with Gasteiger partial charge in [0.1, 0.15) is 12.1 Å². The van der Waals surface area contributed by atoms with E-state index in [4.69, 9.17) is 25.9 Å². The Balaban J connectivity index is 1.68. The Morgan fingerprint density at radius 2 is 2.00 bits per heavy atom. The number of quaternary nitrogens is 1. The number of carbonyl (C=O) groups is 3. The maximum absolute atomic E-state index is 12.8. The van der Waals surface area contributed by atoms with Gasteiger partial charge in [-0.2, -0.15) is 0 Å². The molecule has 0 spiro atoms. The molecule has 2 aromatic rings. The molecule has 3 rings (SSSR count). The van der Waals surface area contributed by atoms with E-state index in [-0.39, 0.29) is 17.2 Å². The number of carbonyl (C=O) groups excluding carboxylic acids is 2. The minimum Gasteiger partial charge on any atom is -0.481 e. The molecule has 1 fully saturated rings. The van der Waals surface area contributed by atoms with Gasteiger partial charge in [0.15, 0.2) is 23.4 Å². The Morgan fingerprint density at radius 1 is 1.31 bits per heavy atom. The van der Waals surface area contributed by atoms with Crippen LogP contribution in [0.25, 0.3) is 11.1 Å². The fraction of sp³-hybridized carbons (Fsp3) is 0.500. The Hall–Kier alpha value is -2.45. The predicted molar refractivity (Wildman–Crippen MR) is 105 cm³/mol. The van der Waals surface area contributed by atoms with Crippen LogP contribution in [0.15, 0.2) is 16.5 Å². The average Bonchev–Trinajstić information content (AvgIpc) is 3.27. The molecule has 156 valence electrons. The van der Waals surface area contributed by atoms with Gasteiger partial charge in [0.25, 0.3) is 0 Å². The van der Waals surface area contributed by atoms with Crippen molar-refractivity contribution in [3.8, 4) is 0 Å². The molecule has 0 aliphatic heterocycles. The van der Waals surface area contributed by atoms with E-state index in [9.17, 15) is 14.4 Å². The van der Waals surface area contributed by atoms with Gasteiger partial charge in [-0.15, -0.1) is 0 Å². The van der Waals surface area contributed by atoms with Gasteiger partial charge in [0, 0.05) is 18.4 Å². The van der Waals surface area contributed by atoms with Gasteiger partial charge in [-0.1, -0.05) is 11.6 Å². The number of carboxylic acids is 1. The molecule has 1 unspecified atom stereocenters. The standard InChI is InChI=1S/C20H23ClN2O6/c1-10-22-16-6-11(5-15(21)19(16)28-10)18(26)13-8-14(13)20(27)29-12(7-17(24)25)9-23(2,3)4/h5-6,12-14H,7-9H2,1-4H3/p+1/t12?,13-,14-/m0/s1. The van der Waals surface area contributed by atoms with Crippen LogP contribution in [-0.4, -0.2) is 66.1 Å². The molecule has 1 aliphatic rings. The van der Waals surface area contributed by atoms with Gasteiger partial charge < -0.3 is 18.7 Å². The first-order valence-electron chi connectivity index (χ1n) is 9.28. The van der Waals surface area contributed by atoms with Crippen LogP contribution in [0.4, 0.5) is 0 Å². The molecular weight excluding hydrogens is 400 g/mol. The van der Waals surface area contributed by atoms with Gasteiger partial charge in [-0.3, -0.25) is 14.4 Å². The molecule has 0 radical (unpaired) electrons. The van der Waals surface area contributed by atoms with Crippen molar-refractivity contribution in [3.05, 3.63) is 28.6 Å². The third kappa shape index (κ3) is 5.13. The van der Waals surface area contributed by atoms with Crippen LogP contribution < -0.4 is 0 Å². The number of benzene rings is 1. The van der Waals surface area contributed by atoms with Crippen LogP contribution in [0.2, 0.25) is 5.02 Å². The zero-order chi connectivity index (χ0) is 21.5. The molecule has 0 saturated heterocycles. The number of esters is 1. The van der Waals surface area contributed by atoms with Crippen LogP contribution in [0.3, 0.4) is 0 Å². The summed E-state index contributed by atoms with van der Waals surface area (Å²) in [6.45, 7) is 2.05. The lowest BCUT2D eigenvalue weighted by Gasteiger charge is -2.28. The first-order chi connectivity index (χ1) is 13.4. The Kier molecular flexibility index (Phi) is 5.69. The number of nitrogens with zero attached hydrogens (tertiary/aromatic N) is 2. The average molecular weight is 424 g/mol. The van der Waals surface area contributed by atoms with E-state index in [2.05, 4.69) is 4.98 Å². The molecule has 8 nitrogen and oxygen atoms in total. The summed E-state index contributed by atoms with van der Waals surface area (Å²) in [5.74, 6) is -2.41. The number of ketones is 1. The number of fused-ring (bicyclic) bond motifs is 1. The zero-order valence-electron chi connectivity index (χ0n) is 16.8. The molecule has 1 heterocycles. The van der Waals surface area contributed by atoms with Gasteiger partial charge in [0.2, 0.25) is 0 Å². The number of halogens is 1. The van der Waals surface area contributed by atoms with Crippen LogP contribution in [0.1, 0.15) is 29.1 Å². The molecule has 1 aliphatic carbocycles. The fourth-order valence-corrected chi connectivity index (χ4v) is 3.66. The maximum atomic E-state index is 12.8. The molecule has 3 atom stereocenters. The Morgan fingerprint density at radius 3 is 2.62 bits per heavy atom. The molecule has 29 heavy (non-hydrogen) atoms. The Bertz CT molecular complexity index is 977. The maximum Gasteiger partial charge on any atom is 0.310 e. The van der Waals surface area contributed by atoms with Crippen molar-refractivity contribution >= 4 is 40.4 Å². The normalized spacial score (nSPS) is 19.8. The van der Waals surface area contributed by atoms with Crippen LogP contribution in [0.5, 0.6) is 0 Å². The van der Waals surface area contributed by atoms with Crippen molar-refractivity contribution in [1.82, 2.24) is 4.98 Å². The van der Waals surface area contributed by atoms with Crippen molar-refractivity contribution in [3.63, 3.8) is 0 Å². The van der Waals surface area contributed by atoms with Crippen molar-refractivity contribution in [2.75, 3.05) is 27.7 Å². The van der Waals surface area contributed by atoms with Gasteiger partial charge in [0.05, 0.1) is 38.5 Å². The summed E-state index contributed by atoms with van der Waals surface area (Å²) >= 11 is 6.19. The SMILES string of the molecule is Cc1nc2cc(C(=O)[C@H]3C[C@@H]3C(=O)OC(CC(=O)O)C[N+](C)(C)C)cc(Cl)c2o1. The topological polar surface area (TPSA) is 107 Å². The van der Waals surface area contributed by atoms with E-state index in [1.807, 2.05) is 21.1 Å². The number of ether oxygens (including phenoxy) is 1. The smallest absolute Gasteiger partial charge is 0.310 e. The van der Waals surface area contributed by atoms with Crippen molar-refractivity contribution in [2.24, 2.45) is 11.8 Å². The van der Waals surface area contributed by atoms with Crippen molar-refractivity contribution < 1.29 is 33.1 Å². The monoisotopic (exact) mass is 423 g/mol. The molecule has 1 N–H and O–H groups in total. The summed E-state index contributed by atoms with van der Waals surface area (Å²) in [4.78, 5) is 40.6. The Labute approximate surface area is 173 Å². The number of hydrogen-bond donors (Lipinski definition) is 1. The summed E-state index contributed by atoms with van der Waals surface area (Å²) in [6.07, 6.45) is -0.653. The third-order valence-corrected chi connectivity index (χ3v) is 4.98. The molecule has 1 aromatic carbocycles. The fourth-order valence-electron chi connectivity index (χ4n) is 3.41. The van der Waals surface area contributed by atoms with Crippen LogP contribution >= 0.6 is 11.6 Å². The first kappa shape index (κ1) is 21.3. The number of Topliss-reactive ketones (excluding diaryl/α,β-unsaturated/α-hetero) is 1. The van der Waals surface area contributed by atoms with Gasteiger partial charge in [-0.25, -0.2) is 4.98 Å². The quantitative estimate of drug-likeness (QED) is 0.395. The van der Waals surface area contributed by atoms with E-state index in [1.165, 1.54) is 6.07 Å². The molecule has 0 amide bonds. The zero-order valence-corrected chi connectivity index (χ0v) is 17.5. The van der Waals surface area contributed by atoms with Gasteiger partial charge >= 0.3 is 11.9 Å². The number of aromatic nitrogens is 1. The first-order valence-corrected chi connectivity index (χ1v) is 9.66. The van der Waals surface area contributed by atoms with Crippen molar-refractivity contribution in [2.45, 2.75) is 25.9 Å². The van der Waals surface area contributed by atoms with E-state index >= 15 is 0 Å². The number of rotatable bonds is 8. The minimum atomic E-state index is -1.04. The highest BCUT2D eigenvalue weighted by atomic mass is 35.5. The van der Waals surface area contributed by atoms with E-state index in [0.717, 1.165) is 0 Å². The number of aryl methyl sites for hydroxylation is 1. The molecular formula is C20H24ClN2O6+. The van der Waals surface area contributed by atoms with Crippen molar-refractivity contribution in [1.29, 1.82) is 0 Å². The highest BCUT2D eigenvalue weighted by molar-refractivity contribution is 6.35. The lowest BCUT2D eigenvalue weighted by Crippen LogP contribution is -2.44. The predicted octanol–water partition coefficient (Wildman–Crippen LogP) is 2.70. The second-order valence-corrected chi connectivity index (χ2v) is 8.89. The second kappa shape index (κ2) is 7.76. The number of oxazole rings is 1. The third-order valence-electron chi connectivity index (χ3n) is 4.70. The van der Waals surface area contributed by atoms with Crippen LogP contribution in [0, 0.1) is 18.8 Å².